The third kappa shape index (κ3) is 3.55. The Morgan fingerprint density at radius 2 is 1.78 bits per heavy atom. The molecule has 0 saturated heterocycles. The quantitative estimate of drug-likeness (QED) is 0.627. The summed E-state index contributed by atoms with van der Waals surface area (Å²) in [5.41, 5.74) is -5.27. The minimum absolute atomic E-state index is 0.0942. The number of benzene rings is 1. The Morgan fingerprint density at radius 3 is 2.17 bits per heavy atom. The molecule has 0 aliphatic carbocycles. The number of sulfone groups is 1. The molecule has 18 heavy (non-hydrogen) atoms. The number of alkyl halides is 4. The topological polar surface area (TPSA) is 34.1 Å². The van der Waals surface area contributed by atoms with Crippen LogP contribution in [0, 0.1) is 0 Å². The van der Waals surface area contributed by atoms with Crippen LogP contribution in [0.25, 0.3) is 0 Å². The van der Waals surface area contributed by atoms with E-state index in [2.05, 4.69) is 0 Å². The van der Waals surface area contributed by atoms with Crippen molar-refractivity contribution in [1.82, 2.24) is 0 Å². The number of halogens is 4. The van der Waals surface area contributed by atoms with Gasteiger partial charge >= 0.3 is 5.51 Å². The van der Waals surface area contributed by atoms with E-state index in [1.807, 2.05) is 6.92 Å². The van der Waals surface area contributed by atoms with Crippen LogP contribution in [0.15, 0.2) is 34.1 Å². The monoisotopic (exact) mass is 318 g/mol. The van der Waals surface area contributed by atoms with Crippen LogP contribution in [0.3, 0.4) is 0 Å². The fourth-order valence-electron chi connectivity index (χ4n) is 1.09. The highest BCUT2D eigenvalue weighted by atomic mass is 35.5. The van der Waals surface area contributed by atoms with Gasteiger partial charge in [-0.05, 0) is 24.3 Å². The molecule has 0 amide bonds. The van der Waals surface area contributed by atoms with E-state index in [-0.39, 0.29) is 5.25 Å². The molecule has 0 aromatic heterocycles. The van der Waals surface area contributed by atoms with Crippen LogP contribution in [0.2, 0.25) is 0 Å². The van der Waals surface area contributed by atoms with Crippen molar-refractivity contribution in [3.63, 3.8) is 0 Å². The maximum atomic E-state index is 12.3. The van der Waals surface area contributed by atoms with Crippen LogP contribution in [0.5, 0.6) is 0 Å². The zero-order valence-corrected chi connectivity index (χ0v) is 11.6. The fraction of sp³-hybridized carbons (Fsp3) is 0.400. The van der Waals surface area contributed by atoms with E-state index in [4.69, 9.17) is 11.6 Å². The molecular weight excluding hydrogens is 309 g/mol. The lowest BCUT2D eigenvalue weighted by Crippen LogP contribution is -2.23. The summed E-state index contributed by atoms with van der Waals surface area (Å²) in [5, 5.41) is 0.0942. The van der Waals surface area contributed by atoms with E-state index in [0.29, 0.717) is 10.8 Å². The molecule has 1 aromatic carbocycles. The van der Waals surface area contributed by atoms with E-state index in [9.17, 15) is 21.6 Å². The summed E-state index contributed by atoms with van der Waals surface area (Å²) < 4.78 is 59.0. The molecular formula is C10H10ClF3O2S2. The van der Waals surface area contributed by atoms with E-state index < -0.39 is 20.2 Å². The highest BCUT2D eigenvalue weighted by molar-refractivity contribution is 8.00. The first-order valence-electron chi connectivity index (χ1n) is 4.82. The van der Waals surface area contributed by atoms with Gasteiger partial charge in [-0.3, -0.25) is 0 Å². The number of rotatable bonds is 4. The highest BCUT2D eigenvalue weighted by Crippen LogP contribution is 2.32. The Balaban J connectivity index is 2.97. The van der Waals surface area contributed by atoms with Crippen molar-refractivity contribution in [3.05, 3.63) is 24.3 Å². The molecule has 0 aliphatic heterocycles. The maximum absolute atomic E-state index is 12.3. The van der Waals surface area contributed by atoms with Gasteiger partial charge in [0.2, 0.25) is 0 Å². The molecule has 0 aliphatic rings. The lowest BCUT2D eigenvalue weighted by atomic mass is 10.4. The van der Waals surface area contributed by atoms with Gasteiger partial charge < -0.3 is 0 Å². The summed E-state index contributed by atoms with van der Waals surface area (Å²) in [5.74, 6) is 0.396. The van der Waals surface area contributed by atoms with E-state index in [1.165, 1.54) is 23.9 Å². The normalized spacial score (nSPS) is 14.5. The smallest absolute Gasteiger partial charge is 0.214 e. The molecule has 0 radical (unpaired) electrons. The molecule has 0 fully saturated rings. The predicted octanol–water partition coefficient (Wildman–Crippen LogP) is 3.70. The Hall–Kier alpha value is -0.400. The molecule has 0 heterocycles. The number of thioether (sulfide) groups is 1. The molecule has 0 saturated carbocycles. The lowest BCUT2D eigenvalue weighted by Gasteiger charge is -2.10. The largest absolute Gasteiger partial charge is 0.501 e. The molecule has 1 aromatic rings. The van der Waals surface area contributed by atoms with Crippen LogP contribution in [0.1, 0.15) is 6.92 Å². The number of hydrogen-bond acceptors (Lipinski definition) is 3. The van der Waals surface area contributed by atoms with Crippen LogP contribution in [-0.2, 0) is 9.84 Å². The second-order valence-corrected chi connectivity index (χ2v) is 7.26. The van der Waals surface area contributed by atoms with Crippen molar-refractivity contribution >= 4 is 33.2 Å². The summed E-state index contributed by atoms with van der Waals surface area (Å²) in [6.45, 7) is 1.86. The van der Waals surface area contributed by atoms with Gasteiger partial charge in [0.25, 0.3) is 9.84 Å². The molecule has 1 rings (SSSR count). The summed E-state index contributed by atoms with van der Waals surface area (Å²) in [6, 6.07) is 4.58. The Labute approximate surface area is 112 Å². The molecule has 2 nitrogen and oxygen atoms in total. The predicted molar refractivity (Wildman–Crippen MR) is 65.7 cm³/mol. The van der Waals surface area contributed by atoms with Gasteiger partial charge in [-0.25, -0.2) is 8.42 Å². The van der Waals surface area contributed by atoms with Crippen molar-refractivity contribution in [2.75, 3.05) is 5.88 Å². The Kier molecular flexibility index (Phi) is 4.97. The molecule has 8 heteroatoms. The summed E-state index contributed by atoms with van der Waals surface area (Å²) >= 11 is 6.96. The van der Waals surface area contributed by atoms with Gasteiger partial charge in [0.05, 0.1) is 4.90 Å². The second kappa shape index (κ2) is 5.71. The van der Waals surface area contributed by atoms with Gasteiger partial charge in [0.15, 0.2) is 0 Å². The average molecular weight is 319 g/mol. The van der Waals surface area contributed by atoms with Crippen molar-refractivity contribution in [2.45, 2.75) is 27.5 Å². The van der Waals surface area contributed by atoms with Crippen LogP contribution < -0.4 is 0 Å². The first kappa shape index (κ1) is 15.7. The van der Waals surface area contributed by atoms with Crippen molar-refractivity contribution in [2.24, 2.45) is 0 Å². The Morgan fingerprint density at radius 1 is 1.28 bits per heavy atom. The molecule has 0 bridgehead atoms. The fourth-order valence-corrected chi connectivity index (χ4v) is 2.87. The molecule has 0 N–H and O–H groups in total. The standard InChI is InChI=1S/C10H10ClF3O2S2/c1-7(6-11)17-8-2-4-9(5-3-8)18(15,16)10(12,13)14/h2-5,7H,6H2,1H3. The zero-order chi connectivity index (χ0) is 14.0. The van der Waals surface area contributed by atoms with Crippen molar-refractivity contribution < 1.29 is 21.6 Å². The molecule has 1 atom stereocenters. The Bertz CT molecular complexity index is 497. The maximum Gasteiger partial charge on any atom is 0.501 e. The SMILES string of the molecule is CC(CCl)Sc1ccc(S(=O)(=O)C(F)(F)F)cc1. The minimum Gasteiger partial charge on any atom is -0.214 e. The summed E-state index contributed by atoms with van der Waals surface area (Å²) in [4.78, 5) is -0.0813. The van der Waals surface area contributed by atoms with Crippen molar-refractivity contribution in [3.8, 4) is 0 Å². The molecule has 102 valence electrons. The first-order valence-corrected chi connectivity index (χ1v) is 7.72. The number of hydrogen-bond donors (Lipinski definition) is 0. The highest BCUT2D eigenvalue weighted by Gasteiger charge is 2.46. The van der Waals surface area contributed by atoms with Crippen LogP contribution in [0.4, 0.5) is 13.2 Å². The molecule has 0 spiro atoms. The van der Waals surface area contributed by atoms with E-state index in [1.54, 1.807) is 0 Å². The minimum atomic E-state index is -5.27. The van der Waals surface area contributed by atoms with E-state index in [0.717, 1.165) is 12.1 Å². The van der Waals surface area contributed by atoms with Gasteiger partial charge in [0, 0.05) is 16.0 Å². The van der Waals surface area contributed by atoms with Gasteiger partial charge in [-0.15, -0.1) is 23.4 Å². The van der Waals surface area contributed by atoms with Crippen LogP contribution in [-0.4, -0.2) is 25.1 Å². The average Bonchev–Trinajstić information content (AvgIpc) is 2.28. The molecule has 1 unspecified atom stereocenters. The third-order valence-corrected chi connectivity index (χ3v) is 5.25. The van der Waals surface area contributed by atoms with Crippen LogP contribution >= 0.6 is 23.4 Å². The second-order valence-electron chi connectivity index (χ2n) is 3.50. The van der Waals surface area contributed by atoms with Gasteiger partial charge in [-0.2, -0.15) is 13.2 Å². The van der Waals surface area contributed by atoms with Gasteiger partial charge in [0.1, 0.15) is 0 Å². The first-order chi connectivity index (χ1) is 8.18. The summed E-state index contributed by atoms with van der Waals surface area (Å²) in [7, 11) is -5.26. The van der Waals surface area contributed by atoms with Crippen molar-refractivity contribution in [1.29, 1.82) is 0 Å². The summed E-state index contributed by atoms with van der Waals surface area (Å²) in [6.07, 6.45) is 0. The van der Waals surface area contributed by atoms with E-state index >= 15 is 0 Å². The third-order valence-electron chi connectivity index (χ3n) is 1.99. The van der Waals surface area contributed by atoms with Gasteiger partial charge in [-0.1, -0.05) is 6.92 Å². The zero-order valence-electron chi connectivity index (χ0n) is 9.24. The lowest BCUT2D eigenvalue weighted by molar-refractivity contribution is -0.0436.